The Balaban J connectivity index is 0.00000320. The van der Waals surface area contributed by atoms with Gasteiger partial charge in [0.25, 0.3) is 0 Å². The normalized spacial score (nSPS) is 10.7. The van der Waals surface area contributed by atoms with Gasteiger partial charge in [0.1, 0.15) is 0 Å². The van der Waals surface area contributed by atoms with Crippen molar-refractivity contribution in [3.05, 3.63) is 101 Å². The fourth-order valence-electron chi connectivity index (χ4n) is 3.20. The molecule has 3 rings (SSSR count). The summed E-state index contributed by atoms with van der Waals surface area (Å²) in [4.78, 5) is 23.4. The topological polar surface area (TPSA) is 62.1 Å². The molecule has 1 heterocycles. The minimum atomic E-state index is -1.03. The fourth-order valence-corrected chi connectivity index (χ4v) is 3.20. The monoisotopic (exact) mass is 409 g/mol. The second-order valence-electron chi connectivity index (χ2n) is 7.09. The van der Waals surface area contributed by atoms with E-state index in [0.29, 0.717) is 24.2 Å². The molecule has 0 radical (unpaired) electrons. The molecule has 0 aliphatic rings. The quantitative estimate of drug-likeness (QED) is 0.388. The smallest absolute Gasteiger partial charge is 0.550 e. The van der Waals surface area contributed by atoms with Crippen molar-refractivity contribution in [3.63, 3.8) is 0 Å². The van der Waals surface area contributed by atoms with E-state index < -0.39 is 5.97 Å². The SMILES string of the molecule is Cc1ccc(C(=O)c2cccn2CC/C=C/c2cccc(CCC(=O)[O-])c2)cc1.[Na+]. The van der Waals surface area contributed by atoms with Gasteiger partial charge in [-0.2, -0.15) is 0 Å². The first-order valence-corrected chi connectivity index (χ1v) is 9.75. The number of aliphatic carboxylic acids is 1. The van der Waals surface area contributed by atoms with E-state index in [2.05, 4.69) is 6.08 Å². The van der Waals surface area contributed by atoms with Crippen molar-refractivity contribution in [2.75, 3.05) is 0 Å². The number of rotatable bonds is 9. The molecule has 0 amide bonds. The number of carbonyl (C=O) groups is 2. The van der Waals surface area contributed by atoms with Gasteiger partial charge in [-0.25, -0.2) is 0 Å². The zero-order chi connectivity index (χ0) is 20.6. The van der Waals surface area contributed by atoms with Crippen LogP contribution < -0.4 is 34.7 Å². The summed E-state index contributed by atoms with van der Waals surface area (Å²) in [7, 11) is 0. The van der Waals surface area contributed by atoms with Crippen LogP contribution in [0.15, 0.2) is 72.9 Å². The number of nitrogens with zero attached hydrogens (tertiary/aromatic N) is 1. The number of carbonyl (C=O) groups excluding carboxylic acids is 2. The van der Waals surface area contributed by atoms with E-state index in [0.717, 1.165) is 23.1 Å². The maximum atomic E-state index is 12.8. The minimum absolute atomic E-state index is 0. The van der Waals surface area contributed by atoms with Gasteiger partial charge in [0.15, 0.2) is 0 Å². The number of hydrogen-bond acceptors (Lipinski definition) is 3. The molecule has 0 atom stereocenters. The first-order valence-electron chi connectivity index (χ1n) is 9.75. The number of aromatic nitrogens is 1. The molecule has 0 unspecified atom stereocenters. The van der Waals surface area contributed by atoms with Crippen molar-refractivity contribution in [2.24, 2.45) is 0 Å². The van der Waals surface area contributed by atoms with E-state index in [-0.39, 0.29) is 41.8 Å². The molecule has 0 bridgehead atoms. The van der Waals surface area contributed by atoms with E-state index in [1.54, 1.807) is 0 Å². The Bertz CT molecular complexity index is 1020. The van der Waals surface area contributed by atoms with Crippen LogP contribution in [-0.2, 0) is 17.8 Å². The van der Waals surface area contributed by atoms with Crippen molar-refractivity contribution >= 4 is 17.8 Å². The summed E-state index contributed by atoms with van der Waals surface area (Å²) in [6, 6.07) is 19.2. The van der Waals surface area contributed by atoms with Gasteiger partial charge in [-0.15, -0.1) is 0 Å². The van der Waals surface area contributed by atoms with Gasteiger partial charge in [-0.3, -0.25) is 4.79 Å². The molecular formula is C25H24NNaO3. The molecular weight excluding hydrogens is 385 g/mol. The van der Waals surface area contributed by atoms with Crippen LogP contribution >= 0.6 is 0 Å². The van der Waals surface area contributed by atoms with Gasteiger partial charge in [0.2, 0.25) is 5.78 Å². The third-order valence-corrected chi connectivity index (χ3v) is 4.79. The Morgan fingerprint density at radius 3 is 2.53 bits per heavy atom. The summed E-state index contributed by atoms with van der Waals surface area (Å²) >= 11 is 0. The molecule has 2 aromatic carbocycles. The Hall–Kier alpha value is -2.40. The number of aryl methyl sites for hydroxylation is 3. The number of benzene rings is 2. The van der Waals surface area contributed by atoms with Gasteiger partial charge < -0.3 is 14.5 Å². The zero-order valence-electron chi connectivity index (χ0n) is 17.5. The van der Waals surface area contributed by atoms with E-state index >= 15 is 0 Å². The molecule has 5 heteroatoms. The Morgan fingerprint density at radius 1 is 1.03 bits per heavy atom. The van der Waals surface area contributed by atoms with Crippen molar-refractivity contribution in [1.29, 1.82) is 0 Å². The van der Waals surface area contributed by atoms with E-state index in [1.807, 2.05) is 84.4 Å². The van der Waals surface area contributed by atoms with Gasteiger partial charge in [0, 0.05) is 24.3 Å². The number of allylic oxidation sites excluding steroid dienone is 1. The fraction of sp³-hybridized carbons (Fsp3) is 0.200. The number of ketones is 1. The minimum Gasteiger partial charge on any atom is -0.550 e. The molecule has 0 spiro atoms. The second kappa shape index (κ2) is 11.7. The molecule has 148 valence electrons. The van der Waals surface area contributed by atoms with E-state index in [4.69, 9.17) is 0 Å². The third kappa shape index (κ3) is 6.84. The van der Waals surface area contributed by atoms with E-state index in [9.17, 15) is 14.7 Å². The van der Waals surface area contributed by atoms with Crippen LogP contribution in [0.25, 0.3) is 6.08 Å². The Labute approximate surface area is 199 Å². The molecule has 0 aliphatic carbocycles. The van der Waals surface area contributed by atoms with E-state index in [1.165, 1.54) is 0 Å². The summed E-state index contributed by atoms with van der Waals surface area (Å²) in [5, 5.41) is 10.6. The zero-order valence-corrected chi connectivity index (χ0v) is 19.5. The van der Waals surface area contributed by atoms with Gasteiger partial charge in [-0.1, -0.05) is 66.2 Å². The van der Waals surface area contributed by atoms with Crippen LogP contribution in [0.4, 0.5) is 0 Å². The first kappa shape index (κ1) is 23.9. The van der Waals surface area contributed by atoms with Crippen molar-refractivity contribution in [2.45, 2.75) is 32.7 Å². The van der Waals surface area contributed by atoms with Crippen LogP contribution in [0.1, 0.15) is 45.6 Å². The Kier molecular flexibility index (Phi) is 9.31. The molecule has 0 N–H and O–H groups in total. The van der Waals surface area contributed by atoms with Crippen LogP contribution in [0.5, 0.6) is 0 Å². The van der Waals surface area contributed by atoms with Crippen molar-refractivity contribution in [3.8, 4) is 0 Å². The second-order valence-corrected chi connectivity index (χ2v) is 7.09. The summed E-state index contributed by atoms with van der Waals surface area (Å²) in [6.07, 6.45) is 7.30. The maximum absolute atomic E-state index is 12.8. The van der Waals surface area contributed by atoms with Crippen LogP contribution in [0, 0.1) is 6.92 Å². The molecule has 1 aromatic heterocycles. The maximum Gasteiger partial charge on any atom is 1.00 e. The number of carboxylic acid groups (broad SMARTS) is 1. The predicted molar refractivity (Wildman–Crippen MR) is 112 cm³/mol. The molecule has 0 fully saturated rings. The standard InChI is InChI=1S/C25H25NO3.Na/c1-19-10-13-22(14-11-19)25(29)23-9-5-17-26(23)16-3-2-6-20-7-4-8-21(18-20)12-15-24(27)28;/h2,4-11,13-14,17-18H,3,12,15-16H2,1H3,(H,27,28);/q;+1/p-1/b6-2+;. The molecule has 30 heavy (non-hydrogen) atoms. The average Bonchev–Trinajstić information content (AvgIpc) is 3.18. The molecule has 4 nitrogen and oxygen atoms in total. The number of hydrogen-bond donors (Lipinski definition) is 0. The van der Waals surface area contributed by atoms with Crippen LogP contribution in [-0.4, -0.2) is 16.3 Å². The predicted octanol–water partition coefficient (Wildman–Crippen LogP) is 0.818. The molecule has 0 aliphatic heterocycles. The summed E-state index contributed by atoms with van der Waals surface area (Å²) in [5.74, 6) is -1.01. The molecule has 3 aromatic rings. The first-order chi connectivity index (χ1) is 14.0. The van der Waals surface area contributed by atoms with Gasteiger partial charge in [0.05, 0.1) is 5.69 Å². The van der Waals surface area contributed by atoms with Gasteiger partial charge >= 0.3 is 29.6 Å². The largest absolute Gasteiger partial charge is 1.00 e. The average molecular weight is 409 g/mol. The summed E-state index contributed by atoms with van der Waals surface area (Å²) in [5.41, 5.74) is 4.52. The van der Waals surface area contributed by atoms with Crippen molar-refractivity contribution < 1.29 is 44.3 Å². The summed E-state index contributed by atoms with van der Waals surface area (Å²) < 4.78 is 1.98. The summed E-state index contributed by atoms with van der Waals surface area (Å²) in [6.45, 7) is 2.71. The number of carboxylic acids is 1. The van der Waals surface area contributed by atoms with Gasteiger partial charge in [-0.05, 0) is 49.4 Å². The Morgan fingerprint density at radius 2 is 1.80 bits per heavy atom. The van der Waals surface area contributed by atoms with Crippen LogP contribution in [0.3, 0.4) is 0 Å². The molecule has 0 saturated carbocycles. The molecule has 0 saturated heterocycles. The van der Waals surface area contributed by atoms with Crippen LogP contribution in [0.2, 0.25) is 0 Å². The van der Waals surface area contributed by atoms with Crippen molar-refractivity contribution in [1.82, 2.24) is 4.57 Å². The third-order valence-electron chi connectivity index (χ3n) is 4.79.